The third-order valence-corrected chi connectivity index (χ3v) is 4.30. The molecule has 5 aromatic rings. The molecule has 0 bridgehead atoms. The van der Waals surface area contributed by atoms with Crippen molar-refractivity contribution in [2.24, 2.45) is 0 Å². The minimum atomic E-state index is -0.472. The van der Waals surface area contributed by atoms with Crippen LogP contribution in [-0.2, 0) is 0 Å². The van der Waals surface area contributed by atoms with Gasteiger partial charge >= 0.3 is 0 Å². The third-order valence-electron chi connectivity index (χ3n) is 4.30. The van der Waals surface area contributed by atoms with Crippen molar-refractivity contribution in [2.45, 2.75) is 13.0 Å². The fourth-order valence-corrected chi connectivity index (χ4v) is 2.79. The van der Waals surface area contributed by atoms with E-state index in [0.717, 1.165) is 0 Å². The van der Waals surface area contributed by atoms with Gasteiger partial charge in [0.1, 0.15) is 41.6 Å². The number of rotatable bonds is 6. The van der Waals surface area contributed by atoms with E-state index < -0.39 is 11.9 Å². The Balaban J connectivity index is 1.29. The zero-order valence-electron chi connectivity index (χ0n) is 16.0. The topological polar surface area (TPSA) is 173 Å². The number of anilines is 2. The normalized spacial score (nSPS) is 12.0. The van der Waals surface area contributed by atoms with Gasteiger partial charge in [0.2, 0.25) is 0 Å². The van der Waals surface area contributed by atoms with Crippen molar-refractivity contribution in [3.8, 4) is 11.5 Å². The maximum Gasteiger partial charge on any atom is 0.270 e. The van der Waals surface area contributed by atoms with Crippen molar-refractivity contribution in [1.29, 1.82) is 0 Å². The number of hydrogen-bond donors (Lipinski definition) is 3. The Morgan fingerprint density at radius 2 is 2.06 bits per heavy atom. The number of imidazole rings is 1. The van der Waals surface area contributed by atoms with Crippen LogP contribution in [0.25, 0.3) is 22.7 Å². The molecule has 0 aliphatic rings. The Hall–Kier alpha value is -4.68. The van der Waals surface area contributed by atoms with Crippen molar-refractivity contribution >= 4 is 28.7 Å². The van der Waals surface area contributed by atoms with Gasteiger partial charge < -0.3 is 24.7 Å². The summed E-state index contributed by atoms with van der Waals surface area (Å²) in [6, 6.07) is 4.34. The third kappa shape index (κ3) is 3.78. The minimum absolute atomic E-state index is 0.170. The maximum atomic E-state index is 12.6. The first kappa shape index (κ1) is 18.4. The van der Waals surface area contributed by atoms with Crippen LogP contribution in [0.3, 0.4) is 0 Å². The molecule has 5 rings (SSSR count). The van der Waals surface area contributed by atoms with Gasteiger partial charge in [-0.1, -0.05) is 10.3 Å². The molecule has 0 spiro atoms. The van der Waals surface area contributed by atoms with Gasteiger partial charge in [-0.3, -0.25) is 4.79 Å². The van der Waals surface area contributed by atoms with E-state index in [1.807, 2.05) is 0 Å². The second-order valence-electron chi connectivity index (χ2n) is 6.45. The molecule has 0 aliphatic heterocycles. The molecule has 0 unspecified atom stereocenters. The number of carbonyl (C=O) groups is 1. The molecule has 0 aliphatic carbocycles. The lowest BCUT2D eigenvalue weighted by Gasteiger charge is -2.10. The molecule has 0 fully saturated rings. The second-order valence-corrected chi connectivity index (χ2v) is 6.45. The number of H-pyrrole nitrogens is 1. The summed E-state index contributed by atoms with van der Waals surface area (Å²) in [5.41, 5.74) is 1.86. The van der Waals surface area contributed by atoms with Gasteiger partial charge in [0, 0.05) is 18.2 Å². The standard InChI is InChI=1S/C18H14N10O3/c1-9(13-4-10(27-31-13)17-24-12-6-19-7-22-16(12)26-17)23-18(29)11-5-15(21-8-20-11)25-14-2-3-30-28-14/h2-9H,1H3,(H,23,29)(H,19,22,24,26)(H,20,21,25,28)/t9-/m1/s1. The number of hydrogen-bond acceptors (Lipinski definition) is 11. The summed E-state index contributed by atoms with van der Waals surface area (Å²) in [5.74, 6) is 1.39. The van der Waals surface area contributed by atoms with Crippen LogP contribution in [0, 0.1) is 0 Å². The SMILES string of the molecule is C[C@@H](NC(=O)c1cc(Nc2ccon2)ncn1)c1cc(-c2nc3ncncc3[nH]2)no1. The maximum absolute atomic E-state index is 12.6. The predicted molar refractivity (Wildman–Crippen MR) is 105 cm³/mol. The van der Waals surface area contributed by atoms with E-state index in [4.69, 9.17) is 9.05 Å². The van der Waals surface area contributed by atoms with Gasteiger partial charge in [-0.15, -0.1) is 0 Å². The van der Waals surface area contributed by atoms with E-state index in [0.29, 0.717) is 40.1 Å². The summed E-state index contributed by atoms with van der Waals surface area (Å²) in [5, 5.41) is 13.5. The molecule has 13 nitrogen and oxygen atoms in total. The number of aromatic amines is 1. The Morgan fingerprint density at radius 1 is 1.13 bits per heavy atom. The zero-order valence-corrected chi connectivity index (χ0v) is 16.0. The highest BCUT2D eigenvalue weighted by molar-refractivity contribution is 5.93. The van der Waals surface area contributed by atoms with Crippen molar-refractivity contribution in [2.75, 3.05) is 5.32 Å². The molecular weight excluding hydrogens is 404 g/mol. The molecule has 1 atom stereocenters. The lowest BCUT2D eigenvalue weighted by atomic mass is 10.2. The summed E-state index contributed by atoms with van der Waals surface area (Å²) >= 11 is 0. The summed E-state index contributed by atoms with van der Waals surface area (Å²) in [6.07, 6.45) is 5.73. The van der Waals surface area contributed by atoms with Crippen molar-refractivity contribution < 1.29 is 13.8 Å². The molecule has 5 heterocycles. The lowest BCUT2D eigenvalue weighted by Crippen LogP contribution is -2.27. The molecule has 0 radical (unpaired) electrons. The fraction of sp³-hybridized carbons (Fsp3) is 0.111. The van der Waals surface area contributed by atoms with Crippen LogP contribution in [0.4, 0.5) is 11.6 Å². The Labute approximate surface area is 173 Å². The summed E-state index contributed by atoms with van der Waals surface area (Å²) in [6.45, 7) is 1.77. The number of carbonyl (C=O) groups excluding carboxylic acids is 1. The molecule has 5 aromatic heterocycles. The minimum Gasteiger partial charge on any atom is -0.363 e. The van der Waals surface area contributed by atoms with Gasteiger partial charge in [-0.25, -0.2) is 24.9 Å². The molecule has 1 amide bonds. The molecule has 3 N–H and O–H groups in total. The van der Waals surface area contributed by atoms with Gasteiger partial charge in [0.15, 0.2) is 23.0 Å². The first-order chi connectivity index (χ1) is 15.2. The van der Waals surface area contributed by atoms with Gasteiger partial charge in [-0.2, -0.15) is 0 Å². The Morgan fingerprint density at radius 3 is 2.90 bits per heavy atom. The van der Waals surface area contributed by atoms with E-state index in [2.05, 4.69) is 50.9 Å². The number of fused-ring (bicyclic) bond motifs is 1. The van der Waals surface area contributed by atoms with E-state index in [1.54, 1.807) is 25.3 Å². The zero-order chi connectivity index (χ0) is 21.2. The highest BCUT2D eigenvalue weighted by atomic mass is 16.5. The fourth-order valence-electron chi connectivity index (χ4n) is 2.79. The highest BCUT2D eigenvalue weighted by Gasteiger charge is 2.19. The van der Waals surface area contributed by atoms with Crippen LogP contribution in [0.1, 0.15) is 29.2 Å². The number of aromatic nitrogens is 8. The van der Waals surface area contributed by atoms with Gasteiger partial charge in [0.05, 0.1) is 12.2 Å². The molecule has 0 saturated heterocycles. The molecule has 31 heavy (non-hydrogen) atoms. The van der Waals surface area contributed by atoms with Gasteiger partial charge in [0.25, 0.3) is 5.91 Å². The molecule has 13 heteroatoms. The van der Waals surface area contributed by atoms with Crippen LogP contribution in [0.15, 0.2) is 52.4 Å². The molecule has 0 saturated carbocycles. The Bertz CT molecular complexity index is 1310. The molecular formula is C18H14N10O3. The smallest absolute Gasteiger partial charge is 0.270 e. The number of nitrogens with one attached hydrogen (secondary N) is 3. The quantitative estimate of drug-likeness (QED) is 0.368. The summed E-state index contributed by atoms with van der Waals surface area (Å²) in [4.78, 5) is 36.1. The molecule has 0 aromatic carbocycles. The second kappa shape index (κ2) is 7.62. The van der Waals surface area contributed by atoms with E-state index in [1.165, 1.54) is 25.0 Å². The van der Waals surface area contributed by atoms with Crippen molar-refractivity contribution in [3.63, 3.8) is 0 Å². The predicted octanol–water partition coefficient (Wildman–Crippen LogP) is 2.02. The van der Waals surface area contributed by atoms with E-state index >= 15 is 0 Å². The lowest BCUT2D eigenvalue weighted by molar-refractivity contribution is 0.0928. The van der Waals surface area contributed by atoms with Crippen LogP contribution in [0.2, 0.25) is 0 Å². The van der Waals surface area contributed by atoms with Crippen LogP contribution < -0.4 is 10.6 Å². The highest BCUT2D eigenvalue weighted by Crippen LogP contribution is 2.22. The first-order valence-corrected chi connectivity index (χ1v) is 9.09. The monoisotopic (exact) mass is 418 g/mol. The average molecular weight is 418 g/mol. The van der Waals surface area contributed by atoms with Crippen LogP contribution in [0.5, 0.6) is 0 Å². The number of nitrogens with zero attached hydrogens (tertiary/aromatic N) is 7. The average Bonchev–Trinajstić information content (AvgIpc) is 3.53. The largest absolute Gasteiger partial charge is 0.363 e. The Kier molecular flexibility index (Phi) is 4.51. The van der Waals surface area contributed by atoms with Gasteiger partial charge in [-0.05, 0) is 6.92 Å². The van der Waals surface area contributed by atoms with Crippen LogP contribution in [-0.4, -0.2) is 46.1 Å². The van der Waals surface area contributed by atoms with E-state index in [-0.39, 0.29) is 5.69 Å². The van der Waals surface area contributed by atoms with Crippen LogP contribution >= 0.6 is 0 Å². The van der Waals surface area contributed by atoms with Crippen molar-refractivity contribution in [3.05, 3.63) is 54.8 Å². The van der Waals surface area contributed by atoms with E-state index in [9.17, 15) is 4.79 Å². The summed E-state index contributed by atoms with van der Waals surface area (Å²) in [7, 11) is 0. The molecule has 154 valence electrons. The number of amides is 1. The van der Waals surface area contributed by atoms with Crippen molar-refractivity contribution in [1.82, 2.24) is 45.5 Å². The summed E-state index contributed by atoms with van der Waals surface area (Å²) < 4.78 is 10.1. The first-order valence-electron chi connectivity index (χ1n) is 9.09.